The highest BCUT2D eigenvalue weighted by molar-refractivity contribution is 6.08. The lowest BCUT2D eigenvalue weighted by molar-refractivity contribution is -0.286. The van der Waals surface area contributed by atoms with Gasteiger partial charge < -0.3 is 30.2 Å². The van der Waals surface area contributed by atoms with Gasteiger partial charge in [0.05, 0.1) is 12.2 Å². The van der Waals surface area contributed by atoms with E-state index in [0.717, 1.165) is 6.07 Å². The van der Waals surface area contributed by atoms with Crippen molar-refractivity contribution in [3.05, 3.63) is 77.4 Å². The molecule has 2 aromatic carbocycles. The van der Waals surface area contributed by atoms with Crippen molar-refractivity contribution in [2.24, 2.45) is 0 Å². The van der Waals surface area contributed by atoms with E-state index in [9.17, 15) is 22.8 Å². The van der Waals surface area contributed by atoms with Crippen molar-refractivity contribution in [1.82, 2.24) is 10.3 Å². The number of amides is 2. The van der Waals surface area contributed by atoms with E-state index in [4.69, 9.17) is 4.74 Å². The minimum atomic E-state index is -3.79. The third-order valence-electron chi connectivity index (χ3n) is 5.02. The number of carbonyl (C=O) groups is 2. The Morgan fingerprint density at radius 1 is 1.03 bits per heavy atom. The lowest BCUT2D eigenvalue weighted by Gasteiger charge is -2.13. The number of hydrogen-bond acceptors (Lipinski definition) is 7. The summed E-state index contributed by atoms with van der Waals surface area (Å²) < 4.78 is 54.1. The molecule has 2 amide bonds. The molecule has 0 spiro atoms. The summed E-state index contributed by atoms with van der Waals surface area (Å²) in [5, 5.41) is 8.25. The Kier molecular flexibility index (Phi) is 7.25. The Balaban J connectivity index is 1.45. The number of carbonyl (C=O) groups excluding carboxylic acids is 2. The maximum absolute atomic E-state index is 14.0. The number of pyridine rings is 1. The van der Waals surface area contributed by atoms with Gasteiger partial charge in [-0.3, -0.25) is 14.6 Å². The van der Waals surface area contributed by atoms with Crippen LogP contribution in [0.5, 0.6) is 11.5 Å². The number of alkyl halides is 2. The third-order valence-corrected chi connectivity index (χ3v) is 5.02. The molecule has 0 aliphatic carbocycles. The van der Waals surface area contributed by atoms with Gasteiger partial charge in [-0.1, -0.05) is 0 Å². The molecule has 0 bridgehead atoms. The van der Waals surface area contributed by atoms with Crippen LogP contribution in [-0.4, -0.2) is 43.4 Å². The Hall–Kier alpha value is -4.32. The predicted molar refractivity (Wildman–Crippen MR) is 123 cm³/mol. The van der Waals surface area contributed by atoms with Gasteiger partial charge in [0.15, 0.2) is 11.5 Å². The van der Waals surface area contributed by atoms with Gasteiger partial charge in [0.1, 0.15) is 11.5 Å². The number of fused-ring (bicyclic) bond motifs is 1. The molecule has 0 fully saturated rings. The van der Waals surface area contributed by atoms with Crippen LogP contribution in [0.3, 0.4) is 0 Å². The van der Waals surface area contributed by atoms with Crippen molar-refractivity contribution in [2.75, 3.05) is 30.9 Å². The molecule has 12 heteroatoms. The van der Waals surface area contributed by atoms with Crippen LogP contribution < -0.4 is 25.4 Å². The van der Waals surface area contributed by atoms with Gasteiger partial charge in [-0.25, -0.2) is 4.39 Å². The SMILES string of the molecule is COCCNC(=O)c1cc(CNc2ccc(F)cc2C(=O)Nc2ccc3c(c2)OC(F)(F)O3)ccn1. The summed E-state index contributed by atoms with van der Waals surface area (Å²) in [6.45, 7) is 0.895. The molecular formula is C24H21F3N4O5. The first-order chi connectivity index (χ1) is 17.2. The topological polar surface area (TPSA) is 111 Å². The molecule has 4 rings (SSSR count). The largest absolute Gasteiger partial charge is 0.586 e. The third kappa shape index (κ3) is 6.02. The summed E-state index contributed by atoms with van der Waals surface area (Å²) >= 11 is 0. The van der Waals surface area contributed by atoms with Crippen LogP contribution in [0, 0.1) is 5.82 Å². The van der Waals surface area contributed by atoms with E-state index in [1.807, 2.05) is 0 Å². The van der Waals surface area contributed by atoms with Gasteiger partial charge in [-0.2, -0.15) is 0 Å². The van der Waals surface area contributed by atoms with Crippen LogP contribution in [0.2, 0.25) is 0 Å². The van der Waals surface area contributed by atoms with Crippen molar-refractivity contribution in [3.8, 4) is 11.5 Å². The van der Waals surface area contributed by atoms with Gasteiger partial charge in [-0.15, -0.1) is 8.78 Å². The van der Waals surface area contributed by atoms with E-state index in [2.05, 4.69) is 30.4 Å². The molecule has 0 unspecified atom stereocenters. The number of ether oxygens (including phenoxy) is 3. The standard InChI is InChI=1S/C24H21F3N4O5/c1-34-9-8-29-23(33)19-10-14(6-7-28-19)13-30-18-4-2-15(25)11-17(18)22(32)31-16-3-5-20-21(12-16)36-24(26,27)35-20/h2-7,10-12,30H,8-9,13H2,1H3,(H,29,33)(H,31,32). The lowest BCUT2D eigenvalue weighted by atomic mass is 10.1. The minimum absolute atomic E-state index is 0.0235. The van der Waals surface area contributed by atoms with Crippen molar-refractivity contribution < 1.29 is 37.0 Å². The monoisotopic (exact) mass is 502 g/mol. The Morgan fingerprint density at radius 2 is 1.83 bits per heavy atom. The summed E-state index contributed by atoms with van der Waals surface area (Å²) in [6, 6.07) is 10.6. The first-order valence-electron chi connectivity index (χ1n) is 10.7. The Labute approximate surface area is 203 Å². The van der Waals surface area contributed by atoms with Crippen LogP contribution in [-0.2, 0) is 11.3 Å². The fourth-order valence-corrected chi connectivity index (χ4v) is 3.35. The summed E-state index contributed by atoms with van der Waals surface area (Å²) in [6.07, 6.45) is -2.31. The summed E-state index contributed by atoms with van der Waals surface area (Å²) in [4.78, 5) is 29.1. The zero-order chi connectivity index (χ0) is 25.7. The average molecular weight is 502 g/mol. The quantitative estimate of drug-likeness (QED) is 0.382. The van der Waals surface area contributed by atoms with E-state index >= 15 is 0 Å². The first kappa shape index (κ1) is 24.8. The fraction of sp³-hybridized carbons (Fsp3) is 0.208. The Morgan fingerprint density at radius 3 is 2.64 bits per heavy atom. The predicted octanol–water partition coefficient (Wildman–Crippen LogP) is 3.78. The molecule has 1 aliphatic rings. The van der Waals surface area contributed by atoms with Crippen LogP contribution in [0.15, 0.2) is 54.7 Å². The highest BCUT2D eigenvalue weighted by Crippen LogP contribution is 2.42. The van der Waals surface area contributed by atoms with Crippen molar-refractivity contribution in [2.45, 2.75) is 12.8 Å². The van der Waals surface area contributed by atoms with Crippen molar-refractivity contribution >= 4 is 23.2 Å². The van der Waals surface area contributed by atoms with Gasteiger partial charge >= 0.3 is 6.29 Å². The van der Waals surface area contributed by atoms with Crippen LogP contribution in [0.1, 0.15) is 26.4 Å². The molecule has 1 aliphatic heterocycles. The molecule has 36 heavy (non-hydrogen) atoms. The van der Waals surface area contributed by atoms with E-state index in [1.165, 1.54) is 43.6 Å². The number of nitrogens with one attached hydrogen (secondary N) is 3. The molecule has 9 nitrogen and oxygen atoms in total. The van der Waals surface area contributed by atoms with E-state index < -0.39 is 18.0 Å². The second-order valence-electron chi connectivity index (χ2n) is 7.62. The highest BCUT2D eigenvalue weighted by atomic mass is 19.3. The van der Waals surface area contributed by atoms with Gasteiger partial charge in [0, 0.05) is 43.8 Å². The maximum Gasteiger partial charge on any atom is 0.586 e. The number of aromatic nitrogens is 1. The summed E-state index contributed by atoms with van der Waals surface area (Å²) in [5.74, 6) is -2.10. The van der Waals surface area contributed by atoms with Crippen LogP contribution in [0.25, 0.3) is 0 Å². The van der Waals surface area contributed by atoms with Gasteiger partial charge in [0.25, 0.3) is 11.8 Å². The van der Waals surface area contributed by atoms with Crippen LogP contribution in [0.4, 0.5) is 24.5 Å². The first-order valence-corrected chi connectivity index (χ1v) is 10.7. The normalized spacial score (nSPS) is 13.2. The van der Waals surface area contributed by atoms with Crippen LogP contribution >= 0.6 is 0 Å². The fourth-order valence-electron chi connectivity index (χ4n) is 3.35. The second-order valence-corrected chi connectivity index (χ2v) is 7.62. The molecule has 188 valence electrons. The lowest BCUT2D eigenvalue weighted by Crippen LogP contribution is -2.27. The molecular weight excluding hydrogens is 481 g/mol. The number of benzene rings is 2. The van der Waals surface area contributed by atoms with E-state index in [-0.39, 0.29) is 40.9 Å². The molecule has 0 atom stereocenters. The minimum Gasteiger partial charge on any atom is -0.395 e. The van der Waals surface area contributed by atoms with E-state index in [1.54, 1.807) is 12.1 Å². The number of anilines is 2. The van der Waals surface area contributed by atoms with Gasteiger partial charge in [-0.05, 0) is 48.0 Å². The average Bonchev–Trinajstić information content (AvgIpc) is 3.16. The number of rotatable bonds is 9. The highest BCUT2D eigenvalue weighted by Gasteiger charge is 2.43. The van der Waals surface area contributed by atoms with Crippen molar-refractivity contribution in [1.29, 1.82) is 0 Å². The molecule has 3 N–H and O–H groups in total. The maximum atomic E-state index is 14.0. The number of methoxy groups -OCH3 is 1. The van der Waals surface area contributed by atoms with Crippen molar-refractivity contribution in [3.63, 3.8) is 0 Å². The van der Waals surface area contributed by atoms with E-state index in [0.29, 0.717) is 24.4 Å². The molecule has 3 aromatic rings. The number of nitrogens with zero attached hydrogens (tertiary/aromatic N) is 1. The number of hydrogen-bond donors (Lipinski definition) is 3. The molecule has 0 radical (unpaired) electrons. The smallest absolute Gasteiger partial charge is 0.395 e. The van der Waals surface area contributed by atoms with Gasteiger partial charge in [0.2, 0.25) is 0 Å². The summed E-state index contributed by atoms with van der Waals surface area (Å²) in [7, 11) is 1.52. The number of halogens is 3. The molecule has 2 heterocycles. The molecule has 0 saturated carbocycles. The molecule has 0 saturated heterocycles. The molecule has 1 aromatic heterocycles. The second kappa shape index (κ2) is 10.5. The zero-order valence-electron chi connectivity index (χ0n) is 18.9. The Bertz CT molecular complexity index is 1290. The zero-order valence-corrected chi connectivity index (χ0v) is 18.9. The summed E-state index contributed by atoms with van der Waals surface area (Å²) in [5.41, 5.74) is 1.33.